The minimum Gasteiger partial charge on any atom is -0.359 e. The average molecular weight is 353 g/mol. The molecule has 1 aliphatic rings. The summed E-state index contributed by atoms with van der Waals surface area (Å²) >= 11 is 0. The van der Waals surface area contributed by atoms with Crippen LogP contribution in [-0.2, 0) is 4.79 Å². The first-order chi connectivity index (χ1) is 12.7. The molecule has 3 rings (SSSR count). The van der Waals surface area contributed by atoms with Crippen LogP contribution in [0.3, 0.4) is 0 Å². The van der Waals surface area contributed by atoms with Gasteiger partial charge in [0, 0.05) is 51.4 Å². The normalized spacial score (nSPS) is 14.4. The maximum atomic E-state index is 11.0. The second-order valence-electron chi connectivity index (χ2n) is 6.68. The number of hydrogen-bond acceptors (Lipinski definition) is 5. The van der Waals surface area contributed by atoms with Crippen molar-refractivity contribution in [3.63, 3.8) is 0 Å². The molecular weight excluding hydrogens is 326 g/mol. The second kappa shape index (κ2) is 8.65. The number of nitrogens with zero attached hydrogens (tertiary/aromatic N) is 5. The Morgan fingerprint density at radius 2 is 1.85 bits per heavy atom. The molecule has 6 nitrogen and oxygen atoms in total. The maximum absolute atomic E-state index is 11.0. The van der Waals surface area contributed by atoms with Gasteiger partial charge in [-0.05, 0) is 6.42 Å². The Bertz CT molecular complexity index is 713. The van der Waals surface area contributed by atoms with E-state index in [1.165, 1.54) is 0 Å². The number of amides is 1. The van der Waals surface area contributed by atoms with Gasteiger partial charge in [0.05, 0.1) is 0 Å². The van der Waals surface area contributed by atoms with Crippen LogP contribution in [0.4, 0.5) is 11.6 Å². The molecule has 6 heteroatoms. The standard InChI is InChI=1S/C20H27N5O/c1-3-4-10-23(2)18-15-19(25-13-11-24(16-26)12-14-25)22-20(21-18)17-8-6-5-7-9-17/h5-9,15-16H,3-4,10-14H2,1-2H3. The van der Waals surface area contributed by atoms with Gasteiger partial charge in [0.25, 0.3) is 0 Å². The molecule has 1 saturated heterocycles. The fraction of sp³-hybridized carbons (Fsp3) is 0.450. The summed E-state index contributed by atoms with van der Waals surface area (Å²) in [5, 5.41) is 0. The van der Waals surface area contributed by atoms with Gasteiger partial charge in [-0.25, -0.2) is 9.97 Å². The molecule has 2 heterocycles. The van der Waals surface area contributed by atoms with E-state index in [1.54, 1.807) is 0 Å². The molecule has 0 radical (unpaired) electrons. The van der Waals surface area contributed by atoms with Gasteiger partial charge in [0.1, 0.15) is 11.6 Å². The predicted molar refractivity (Wildman–Crippen MR) is 105 cm³/mol. The van der Waals surface area contributed by atoms with E-state index in [2.05, 4.69) is 29.8 Å². The third-order valence-corrected chi connectivity index (χ3v) is 4.76. The maximum Gasteiger partial charge on any atom is 0.209 e. The summed E-state index contributed by atoms with van der Waals surface area (Å²) in [7, 11) is 2.08. The predicted octanol–water partition coefficient (Wildman–Crippen LogP) is 2.66. The highest BCUT2D eigenvalue weighted by atomic mass is 16.1. The Hall–Kier alpha value is -2.63. The Morgan fingerprint density at radius 1 is 1.12 bits per heavy atom. The number of rotatable bonds is 7. The van der Waals surface area contributed by atoms with Crippen molar-refractivity contribution >= 4 is 18.0 Å². The molecule has 1 fully saturated rings. The molecule has 0 unspecified atom stereocenters. The lowest BCUT2D eigenvalue weighted by atomic mass is 10.2. The lowest BCUT2D eigenvalue weighted by Crippen LogP contribution is -2.46. The molecule has 1 aromatic carbocycles. The van der Waals surface area contributed by atoms with Crippen molar-refractivity contribution in [2.45, 2.75) is 19.8 Å². The minimum absolute atomic E-state index is 0.731. The fourth-order valence-corrected chi connectivity index (χ4v) is 3.06. The van der Waals surface area contributed by atoms with Gasteiger partial charge in [0.2, 0.25) is 6.41 Å². The summed E-state index contributed by atoms with van der Waals surface area (Å²) in [6.07, 6.45) is 3.21. The minimum atomic E-state index is 0.731. The quantitative estimate of drug-likeness (QED) is 0.716. The smallest absolute Gasteiger partial charge is 0.209 e. The van der Waals surface area contributed by atoms with Crippen molar-refractivity contribution in [1.29, 1.82) is 0 Å². The van der Waals surface area contributed by atoms with E-state index >= 15 is 0 Å². The second-order valence-corrected chi connectivity index (χ2v) is 6.68. The molecule has 1 aromatic heterocycles. The van der Waals surface area contributed by atoms with E-state index in [9.17, 15) is 4.79 Å². The van der Waals surface area contributed by atoms with Crippen LogP contribution in [0.15, 0.2) is 36.4 Å². The van der Waals surface area contributed by atoms with Crippen molar-refractivity contribution in [3.8, 4) is 11.4 Å². The average Bonchev–Trinajstić information content (AvgIpc) is 2.72. The van der Waals surface area contributed by atoms with Crippen LogP contribution in [0.1, 0.15) is 19.8 Å². The Balaban J connectivity index is 1.91. The molecule has 2 aromatic rings. The van der Waals surface area contributed by atoms with Gasteiger partial charge >= 0.3 is 0 Å². The summed E-state index contributed by atoms with van der Waals surface area (Å²) in [4.78, 5) is 26.8. The van der Waals surface area contributed by atoms with Gasteiger partial charge in [0.15, 0.2) is 5.82 Å². The number of unbranched alkanes of at least 4 members (excludes halogenated alkanes) is 1. The molecule has 0 N–H and O–H groups in total. The SMILES string of the molecule is CCCCN(C)c1cc(N2CCN(C=O)CC2)nc(-c2ccccc2)n1. The lowest BCUT2D eigenvalue weighted by molar-refractivity contribution is -0.118. The molecule has 0 spiro atoms. The number of carbonyl (C=O) groups excluding carboxylic acids is 1. The van der Waals surface area contributed by atoms with Crippen LogP contribution in [0.2, 0.25) is 0 Å². The molecule has 0 atom stereocenters. The summed E-state index contributed by atoms with van der Waals surface area (Å²) in [6.45, 7) is 6.22. The van der Waals surface area contributed by atoms with E-state index in [4.69, 9.17) is 9.97 Å². The molecule has 0 bridgehead atoms. The number of carbonyl (C=O) groups is 1. The summed E-state index contributed by atoms with van der Waals surface area (Å²) in [5.74, 6) is 2.63. The van der Waals surface area contributed by atoms with Crippen LogP contribution in [-0.4, -0.2) is 61.0 Å². The molecule has 26 heavy (non-hydrogen) atoms. The largest absolute Gasteiger partial charge is 0.359 e. The van der Waals surface area contributed by atoms with Gasteiger partial charge < -0.3 is 14.7 Å². The van der Waals surface area contributed by atoms with Gasteiger partial charge in [-0.2, -0.15) is 0 Å². The van der Waals surface area contributed by atoms with E-state index in [0.29, 0.717) is 0 Å². The number of benzene rings is 1. The van der Waals surface area contributed by atoms with Crippen molar-refractivity contribution in [2.24, 2.45) is 0 Å². The van der Waals surface area contributed by atoms with Crippen molar-refractivity contribution < 1.29 is 4.79 Å². The first-order valence-electron chi connectivity index (χ1n) is 9.31. The van der Waals surface area contributed by atoms with Crippen LogP contribution in [0.25, 0.3) is 11.4 Å². The highest BCUT2D eigenvalue weighted by Crippen LogP contribution is 2.25. The third kappa shape index (κ3) is 4.31. The number of hydrogen-bond donors (Lipinski definition) is 0. The van der Waals surface area contributed by atoms with Crippen LogP contribution in [0, 0.1) is 0 Å². The molecular formula is C20H27N5O. The van der Waals surface area contributed by atoms with Crippen molar-refractivity contribution in [1.82, 2.24) is 14.9 Å². The Kier molecular flexibility index (Phi) is 6.04. The third-order valence-electron chi connectivity index (χ3n) is 4.76. The Labute approximate surface area is 155 Å². The van der Waals surface area contributed by atoms with E-state index < -0.39 is 0 Å². The molecule has 0 aliphatic carbocycles. The van der Waals surface area contributed by atoms with Crippen LogP contribution in [0.5, 0.6) is 0 Å². The first-order valence-corrected chi connectivity index (χ1v) is 9.31. The van der Waals surface area contributed by atoms with Crippen LogP contribution < -0.4 is 9.80 Å². The molecule has 138 valence electrons. The molecule has 0 saturated carbocycles. The zero-order valence-corrected chi connectivity index (χ0v) is 15.6. The first kappa shape index (κ1) is 18.2. The fourth-order valence-electron chi connectivity index (χ4n) is 3.06. The van der Waals surface area contributed by atoms with Crippen molar-refractivity contribution in [3.05, 3.63) is 36.4 Å². The van der Waals surface area contributed by atoms with E-state index in [0.717, 1.165) is 75.0 Å². The van der Waals surface area contributed by atoms with E-state index in [1.807, 2.05) is 35.2 Å². The number of piperazine rings is 1. The van der Waals surface area contributed by atoms with Gasteiger partial charge in [-0.15, -0.1) is 0 Å². The molecule has 1 amide bonds. The number of anilines is 2. The van der Waals surface area contributed by atoms with Gasteiger partial charge in [-0.1, -0.05) is 43.7 Å². The molecule has 1 aliphatic heterocycles. The van der Waals surface area contributed by atoms with Crippen molar-refractivity contribution in [2.75, 3.05) is 49.6 Å². The highest BCUT2D eigenvalue weighted by molar-refractivity contribution is 5.62. The zero-order valence-electron chi connectivity index (χ0n) is 15.6. The monoisotopic (exact) mass is 353 g/mol. The van der Waals surface area contributed by atoms with Gasteiger partial charge in [-0.3, -0.25) is 4.79 Å². The zero-order chi connectivity index (χ0) is 18.4. The highest BCUT2D eigenvalue weighted by Gasteiger charge is 2.19. The topological polar surface area (TPSA) is 52.6 Å². The summed E-state index contributed by atoms with van der Waals surface area (Å²) in [5.41, 5.74) is 1.02. The lowest BCUT2D eigenvalue weighted by Gasteiger charge is -2.34. The summed E-state index contributed by atoms with van der Waals surface area (Å²) < 4.78 is 0. The van der Waals surface area contributed by atoms with E-state index in [-0.39, 0.29) is 0 Å². The van der Waals surface area contributed by atoms with Crippen LogP contribution >= 0.6 is 0 Å². The summed E-state index contributed by atoms with van der Waals surface area (Å²) in [6, 6.07) is 12.2. The number of aromatic nitrogens is 2. The Morgan fingerprint density at radius 3 is 2.50 bits per heavy atom.